The van der Waals surface area contributed by atoms with Gasteiger partial charge in [0.25, 0.3) is 0 Å². The van der Waals surface area contributed by atoms with Crippen LogP contribution in [0.3, 0.4) is 0 Å². The molecule has 1 heterocycles. The molecule has 1 rings (SSSR count). The van der Waals surface area contributed by atoms with E-state index in [0.717, 1.165) is 6.42 Å². The number of aliphatic hydroxyl groups is 1. The topological polar surface area (TPSA) is 49.8 Å². The van der Waals surface area contributed by atoms with Crippen LogP contribution >= 0.6 is 0 Å². The molecule has 1 aliphatic rings. The normalized spacial score (nSPS) is 26.1. The van der Waals surface area contributed by atoms with Crippen molar-refractivity contribution in [2.24, 2.45) is 11.8 Å². The van der Waals surface area contributed by atoms with Crippen LogP contribution in [-0.2, 0) is 4.74 Å². The lowest BCUT2D eigenvalue weighted by atomic mass is 9.82. The van der Waals surface area contributed by atoms with E-state index in [1.165, 1.54) is 6.92 Å². The van der Waals surface area contributed by atoms with E-state index < -0.39 is 11.8 Å². The Morgan fingerprint density at radius 3 is 2.58 bits per heavy atom. The van der Waals surface area contributed by atoms with Crippen molar-refractivity contribution in [2.75, 3.05) is 19.7 Å². The van der Waals surface area contributed by atoms with Crippen molar-refractivity contribution in [1.82, 2.24) is 4.90 Å². The third-order valence-corrected chi connectivity index (χ3v) is 3.41. The van der Waals surface area contributed by atoms with Gasteiger partial charge in [-0.2, -0.15) is 0 Å². The van der Waals surface area contributed by atoms with Crippen LogP contribution in [0.2, 0.25) is 0 Å². The highest BCUT2D eigenvalue weighted by Gasteiger charge is 2.33. The van der Waals surface area contributed by atoms with E-state index in [1.54, 1.807) is 4.90 Å². The lowest BCUT2D eigenvalue weighted by Gasteiger charge is -2.38. The summed E-state index contributed by atoms with van der Waals surface area (Å²) < 4.78 is 18.4. The molecule has 0 radical (unpaired) electrons. The molecule has 0 aliphatic carbocycles. The van der Waals surface area contributed by atoms with Crippen LogP contribution in [0.1, 0.15) is 40.5 Å². The van der Waals surface area contributed by atoms with E-state index >= 15 is 0 Å². The van der Waals surface area contributed by atoms with Gasteiger partial charge in [0.05, 0.1) is 6.17 Å². The maximum absolute atomic E-state index is 13.1. The molecular weight excluding hydrogens is 249 g/mol. The third-order valence-electron chi connectivity index (χ3n) is 3.41. The highest BCUT2D eigenvalue weighted by molar-refractivity contribution is 5.68. The fourth-order valence-corrected chi connectivity index (χ4v) is 2.51. The van der Waals surface area contributed by atoms with E-state index in [1.807, 2.05) is 20.8 Å². The Labute approximate surface area is 114 Å². The van der Waals surface area contributed by atoms with Crippen LogP contribution in [0.5, 0.6) is 0 Å². The predicted molar refractivity (Wildman–Crippen MR) is 71.7 cm³/mol. The van der Waals surface area contributed by atoms with Crippen LogP contribution in [-0.4, -0.2) is 47.6 Å². The number of carbonyl (C=O) groups excluding carboxylic acids is 1. The van der Waals surface area contributed by atoms with Gasteiger partial charge in [0.15, 0.2) is 0 Å². The number of carbonyl (C=O) groups is 1. The Bertz CT molecular complexity index is 302. The molecule has 0 spiro atoms. The molecule has 0 bridgehead atoms. The van der Waals surface area contributed by atoms with Gasteiger partial charge in [0, 0.05) is 25.6 Å². The van der Waals surface area contributed by atoms with Crippen molar-refractivity contribution < 1.29 is 19.0 Å². The van der Waals surface area contributed by atoms with Crippen molar-refractivity contribution in [3.63, 3.8) is 0 Å². The fourth-order valence-electron chi connectivity index (χ4n) is 2.51. The molecule has 19 heavy (non-hydrogen) atoms. The van der Waals surface area contributed by atoms with Crippen molar-refractivity contribution in [3.05, 3.63) is 0 Å². The molecule has 1 amide bonds. The molecule has 1 aliphatic heterocycles. The Kier molecular flexibility index (Phi) is 5.59. The molecule has 1 fully saturated rings. The molecule has 5 heteroatoms. The number of likely N-dealkylation sites (tertiary alicyclic amines) is 1. The summed E-state index contributed by atoms with van der Waals surface area (Å²) in [6, 6.07) is 0. The molecule has 3 atom stereocenters. The Morgan fingerprint density at radius 2 is 2.11 bits per heavy atom. The summed E-state index contributed by atoms with van der Waals surface area (Å²) >= 11 is 0. The zero-order valence-electron chi connectivity index (χ0n) is 12.4. The van der Waals surface area contributed by atoms with Crippen LogP contribution in [0.4, 0.5) is 9.18 Å². The predicted octanol–water partition coefficient (Wildman–Crippen LogP) is 2.60. The third kappa shape index (κ3) is 5.35. The molecule has 0 aromatic rings. The molecule has 0 aromatic carbocycles. The second kappa shape index (κ2) is 6.55. The minimum absolute atomic E-state index is 0.0172. The van der Waals surface area contributed by atoms with E-state index in [-0.39, 0.29) is 24.5 Å². The number of hydrogen-bond acceptors (Lipinski definition) is 3. The molecule has 0 saturated carbocycles. The lowest BCUT2D eigenvalue weighted by molar-refractivity contribution is 0.00118. The number of piperidine rings is 1. The van der Waals surface area contributed by atoms with Crippen LogP contribution in [0.25, 0.3) is 0 Å². The molecule has 3 unspecified atom stereocenters. The van der Waals surface area contributed by atoms with E-state index in [9.17, 15) is 14.3 Å². The van der Waals surface area contributed by atoms with Crippen LogP contribution in [0.15, 0.2) is 0 Å². The number of rotatable bonds is 3. The minimum atomic E-state index is -0.868. The summed E-state index contributed by atoms with van der Waals surface area (Å²) in [6.45, 7) is 8.01. The highest BCUT2D eigenvalue weighted by Crippen LogP contribution is 2.29. The summed E-state index contributed by atoms with van der Waals surface area (Å²) in [4.78, 5) is 13.6. The summed E-state index contributed by atoms with van der Waals surface area (Å²) in [5, 5.41) is 9.41. The monoisotopic (exact) mass is 275 g/mol. The largest absolute Gasteiger partial charge is 0.444 e. The summed E-state index contributed by atoms with van der Waals surface area (Å²) in [6.07, 6.45) is -0.0450. The van der Waals surface area contributed by atoms with E-state index in [4.69, 9.17) is 4.74 Å². The molecule has 112 valence electrons. The SMILES string of the molecule is CC(F)CC1CCN(C(=O)OC(C)(C)C)CC1CO. The van der Waals surface area contributed by atoms with Crippen molar-refractivity contribution >= 4 is 6.09 Å². The first-order valence-electron chi connectivity index (χ1n) is 6.95. The molecular formula is C14H26FNO3. The van der Waals surface area contributed by atoms with Gasteiger partial charge < -0.3 is 14.7 Å². The van der Waals surface area contributed by atoms with Gasteiger partial charge in [0.1, 0.15) is 5.60 Å². The number of halogens is 1. The van der Waals surface area contributed by atoms with E-state index in [2.05, 4.69) is 0 Å². The van der Waals surface area contributed by atoms with Crippen molar-refractivity contribution in [1.29, 1.82) is 0 Å². The quantitative estimate of drug-likeness (QED) is 0.861. The number of ether oxygens (including phenoxy) is 1. The fraction of sp³-hybridized carbons (Fsp3) is 0.929. The number of alkyl halides is 1. The standard InChI is InChI=1S/C14H26FNO3/c1-10(15)7-11-5-6-16(8-12(11)9-17)13(18)19-14(2,3)4/h10-12,17H,5-9H2,1-4H3. The van der Waals surface area contributed by atoms with Gasteiger partial charge in [-0.3, -0.25) is 0 Å². The molecule has 0 aromatic heterocycles. The first kappa shape index (κ1) is 16.2. The van der Waals surface area contributed by atoms with Crippen LogP contribution in [0, 0.1) is 11.8 Å². The number of amides is 1. The maximum atomic E-state index is 13.1. The highest BCUT2D eigenvalue weighted by atomic mass is 19.1. The lowest BCUT2D eigenvalue weighted by Crippen LogP contribution is -2.47. The van der Waals surface area contributed by atoms with Gasteiger partial charge in [0.2, 0.25) is 0 Å². The average molecular weight is 275 g/mol. The number of hydrogen-bond donors (Lipinski definition) is 1. The zero-order chi connectivity index (χ0) is 14.6. The van der Waals surface area contributed by atoms with E-state index in [0.29, 0.717) is 19.5 Å². The zero-order valence-corrected chi connectivity index (χ0v) is 12.4. The smallest absolute Gasteiger partial charge is 0.410 e. The maximum Gasteiger partial charge on any atom is 0.410 e. The Hall–Kier alpha value is -0.840. The number of aliphatic hydroxyl groups excluding tert-OH is 1. The summed E-state index contributed by atoms with van der Waals surface area (Å²) in [5.41, 5.74) is -0.518. The summed E-state index contributed by atoms with van der Waals surface area (Å²) in [5.74, 6) is 0.0863. The minimum Gasteiger partial charge on any atom is -0.444 e. The van der Waals surface area contributed by atoms with Gasteiger partial charge in [-0.25, -0.2) is 9.18 Å². The summed E-state index contributed by atoms with van der Waals surface area (Å²) in [7, 11) is 0. The van der Waals surface area contributed by atoms with Gasteiger partial charge in [-0.05, 0) is 46.5 Å². The second-order valence-corrected chi connectivity index (χ2v) is 6.43. The van der Waals surface area contributed by atoms with Gasteiger partial charge in [-0.15, -0.1) is 0 Å². The van der Waals surface area contributed by atoms with Gasteiger partial charge >= 0.3 is 6.09 Å². The molecule has 4 nitrogen and oxygen atoms in total. The second-order valence-electron chi connectivity index (χ2n) is 6.43. The first-order chi connectivity index (χ1) is 8.73. The Morgan fingerprint density at radius 1 is 1.47 bits per heavy atom. The van der Waals surface area contributed by atoms with Crippen molar-refractivity contribution in [3.8, 4) is 0 Å². The molecule has 1 saturated heterocycles. The first-order valence-corrected chi connectivity index (χ1v) is 6.95. The Balaban J connectivity index is 2.56. The van der Waals surface area contributed by atoms with Crippen molar-refractivity contribution in [2.45, 2.75) is 52.3 Å². The van der Waals surface area contributed by atoms with Crippen LogP contribution < -0.4 is 0 Å². The average Bonchev–Trinajstić information content (AvgIpc) is 2.26. The van der Waals surface area contributed by atoms with Gasteiger partial charge in [-0.1, -0.05) is 0 Å². The number of nitrogens with zero attached hydrogens (tertiary/aromatic N) is 1. The molecule has 1 N–H and O–H groups in total.